The van der Waals surface area contributed by atoms with Gasteiger partial charge in [-0.15, -0.1) is 0 Å². The van der Waals surface area contributed by atoms with E-state index in [1.807, 2.05) is 6.07 Å². The predicted molar refractivity (Wildman–Crippen MR) is 69.9 cm³/mol. The Labute approximate surface area is 114 Å². The molecule has 0 spiro atoms. The monoisotopic (exact) mass is 267 g/mol. The van der Waals surface area contributed by atoms with Crippen molar-refractivity contribution in [3.05, 3.63) is 53.9 Å². The van der Waals surface area contributed by atoms with Gasteiger partial charge in [0.15, 0.2) is 0 Å². The summed E-state index contributed by atoms with van der Waals surface area (Å²) in [5, 5.41) is 17.3. The van der Waals surface area contributed by atoms with Gasteiger partial charge in [-0.3, -0.25) is 0 Å². The zero-order valence-corrected chi connectivity index (χ0v) is 10.2. The first-order valence-electron chi connectivity index (χ1n) is 5.58. The van der Waals surface area contributed by atoms with Gasteiger partial charge in [-0.25, -0.2) is 14.8 Å². The number of carboxylic acid groups (broad SMARTS) is 1. The molecule has 1 N–H and O–H groups in total. The van der Waals surface area contributed by atoms with E-state index in [4.69, 9.17) is 15.1 Å². The minimum atomic E-state index is -1.04. The van der Waals surface area contributed by atoms with Crippen LogP contribution in [0.5, 0.6) is 11.8 Å². The Morgan fingerprint density at radius 2 is 2.10 bits per heavy atom. The number of nitriles is 1. The quantitative estimate of drug-likeness (QED) is 0.853. The zero-order chi connectivity index (χ0) is 14.4. The molecule has 1 aromatic carbocycles. The summed E-state index contributed by atoms with van der Waals surface area (Å²) in [5.41, 5.74) is 1.02. The lowest BCUT2D eigenvalue weighted by Gasteiger charge is -2.03. The molecular weight excluding hydrogens is 258 g/mol. The molecule has 0 bridgehead atoms. The molecule has 0 radical (unpaired) electrons. The van der Waals surface area contributed by atoms with Crippen LogP contribution in [0.2, 0.25) is 0 Å². The van der Waals surface area contributed by atoms with Crippen LogP contribution in [0.3, 0.4) is 0 Å². The molecule has 98 valence electrons. The summed E-state index contributed by atoms with van der Waals surface area (Å²) in [6, 6.07) is 8.73. The average Bonchev–Trinajstić information content (AvgIpc) is 2.47. The van der Waals surface area contributed by atoms with Crippen molar-refractivity contribution in [2.45, 2.75) is 0 Å². The molecule has 6 heteroatoms. The van der Waals surface area contributed by atoms with E-state index < -0.39 is 5.97 Å². The zero-order valence-electron chi connectivity index (χ0n) is 10.2. The third kappa shape index (κ3) is 3.65. The Morgan fingerprint density at radius 1 is 1.35 bits per heavy atom. The molecule has 0 saturated heterocycles. The van der Waals surface area contributed by atoms with E-state index in [9.17, 15) is 4.79 Å². The van der Waals surface area contributed by atoms with Gasteiger partial charge in [0.1, 0.15) is 5.75 Å². The maximum absolute atomic E-state index is 10.4. The SMILES string of the molecule is N#Cc1cccc(Oc2ncc(/C=C/C(=O)O)cn2)c1. The van der Waals surface area contributed by atoms with Crippen LogP contribution in [-0.4, -0.2) is 21.0 Å². The fourth-order valence-electron chi connectivity index (χ4n) is 1.37. The minimum absolute atomic E-state index is 0.118. The van der Waals surface area contributed by atoms with Crippen molar-refractivity contribution in [1.29, 1.82) is 5.26 Å². The molecule has 0 unspecified atom stereocenters. The molecule has 2 aromatic rings. The van der Waals surface area contributed by atoms with Crippen LogP contribution in [0.4, 0.5) is 0 Å². The summed E-state index contributed by atoms with van der Waals surface area (Å²) in [5.74, 6) is -0.587. The third-order valence-electron chi connectivity index (χ3n) is 2.24. The molecule has 0 aliphatic carbocycles. The van der Waals surface area contributed by atoms with Gasteiger partial charge in [0.25, 0.3) is 0 Å². The molecule has 0 fully saturated rings. The molecule has 0 saturated carbocycles. The van der Waals surface area contributed by atoms with Crippen molar-refractivity contribution in [1.82, 2.24) is 9.97 Å². The fraction of sp³-hybridized carbons (Fsp3) is 0. The van der Waals surface area contributed by atoms with Crippen LogP contribution < -0.4 is 4.74 Å². The summed E-state index contributed by atoms with van der Waals surface area (Å²) in [6.45, 7) is 0. The van der Waals surface area contributed by atoms with Gasteiger partial charge in [-0.05, 0) is 24.3 Å². The van der Waals surface area contributed by atoms with Gasteiger partial charge in [-0.1, -0.05) is 6.07 Å². The normalized spacial score (nSPS) is 10.2. The average molecular weight is 267 g/mol. The molecule has 1 aromatic heterocycles. The second-order valence-electron chi connectivity index (χ2n) is 3.71. The number of aliphatic carboxylic acids is 1. The molecule has 1 heterocycles. The van der Waals surface area contributed by atoms with E-state index in [2.05, 4.69) is 9.97 Å². The van der Waals surface area contributed by atoms with Crippen LogP contribution in [0.1, 0.15) is 11.1 Å². The van der Waals surface area contributed by atoms with Crippen LogP contribution in [0.15, 0.2) is 42.7 Å². The first kappa shape index (κ1) is 13.2. The lowest BCUT2D eigenvalue weighted by atomic mass is 10.2. The van der Waals surface area contributed by atoms with E-state index >= 15 is 0 Å². The van der Waals surface area contributed by atoms with Gasteiger partial charge in [0.05, 0.1) is 11.6 Å². The number of carbonyl (C=O) groups is 1. The topological polar surface area (TPSA) is 96.1 Å². The molecule has 0 aliphatic rings. The molecule has 2 rings (SSSR count). The van der Waals surface area contributed by atoms with Crippen LogP contribution in [0, 0.1) is 11.3 Å². The number of rotatable bonds is 4. The molecule has 0 amide bonds. The summed E-state index contributed by atoms with van der Waals surface area (Å²) in [6.07, 6.45) is 5.25. The van der Waals surface area contributed by atoms with Crippen LogP contribution >= 0.6 is 0 Å². The van der Waals surface area contributed by atoms with Crippen molar-refractivity contribution in [2.75, 3.05) is 0 Å². The first-order valence-corrected chi connectivity index (χ1v) is 5.58. The highest BCUT2D eigenvalue weighted by atomic mass is 16.5. The van der Waals surface area contributed by atoms with Gasteiger partial charge in [0.2, 0.25) is 0 Å². The smallest absolute Gasteiger partial charge is 0.328 e. The number of benzene rings is 1. The van der Waals surface area contributed by atoms with Crippen LogP contribution in [-0.2, 0) is 4.79 Å². The molecule has 0 atom stereocenters. The van der Waals surface area contributed by atoms with Gasteiger partial charge < -0.3 is 9.84 Å². The molecule has 6 nitrogen and oxygen atoms in total. The highest BCUT2D eigenvalue weighted by Gasteiger charge is 2.01. The van der Waals surface area contributed by atoms with Crippen molar-refractivity contribution < 1.29 is 14.6 Å². The van der Waals surface area contributed by atoms with E-state index in [1.54, 1.807) is 24.3 Å². The predicted octanol–water partition coefficient (Wildman–Crippen LogP) is 2.24. The van der Waals surface area contributed by atoms with Crippen molar-refractivity contribution in [3.8, 4) is 17.8 Å². The van der Waals surface area contributed by atoms with Gasteiger partial charge >= 0.3 is 12.0 Å². The van der Waals surface area contributed by atoms with Crippen molar-refractivity contribution >= 4 is 12.0 Å². The standard InChI is InChI=1S/C14H9N3O3/c15-7-10-2-1-3-12(6-10)20-14-16-8-11(9-17-14)4-5-13(18)19/h1-6,8-9H,(H,18,19)/b5-4+. The van der Waals surface area contributed by atoms with Crippen LogP contribution in [0.25, 0.3) is 6.08 Å². The Kier molecular flexibility index (Phi) is 4.04. The highest BCUT2D eigenvalue weighted by molar-refractivity contribution is 5.85. The van der Waals surface area contributed by atoms with Gasteiger partial charge in [-0.2, -0.15) is 5.26 Å². The number of ether oxygens (including phenoxy) is 1. The lowest BCUT2D eigenvalue weighted by molar-refractivity contribution is -0.131. The maximum atomic E-state index is 10.4. The lowest BCUT2D eigenvalue weighted by Crippen LogP contribution is -1.92. The molecule has 20 heavy (non-hydrogen) atoms. The van der Waals surface area contributed by atoms with E-state index in [1.165, 1.54) is 18.5 Å². The third-order valence-corrected chi connectivity index (χ3v) is 2.24. The summed E-state index contributed by atoms with van der Waals surface area (Å²) in [7, 11) is 0. The Morgan fingerprint density at radius 3 is 2.75 bits per heavy atom. The number of hydrogen-bond donors (Lipinski definition) is 1. The second kappa shape index (κ2) is 6.11. The number of nitrogens with zero attached hydrogens (tertiary/aromatic N) is 3. The largest absolute Gasteiger partial charge is 0.478 e. The maximum Gasteiger partial charge on any atom is 0.328 e. The number of hydrogen-bond acceptors (Lipinski definition) is 5. The Bertz CT molecular complexity index is 688. The second-order valence-corrected chi connectivity index (χ2v) is 3.71. The number of carboxylic acids is 1. The summed E-state index contributed by atoms with van der Waals surface area (Å²) >= 11 is 0. The van der Waals surface area contributed by atoms with Crippen molar-refractivity contribution in [2.24, 2.45) is 0 Å². The highest BCUT2D eigenvalue weighted by Crippen LogP contribution is 2.18. The Balaban J connectivity index is 2.10. The van der Waals surface area contributed by atoms with Gasteiger partial charge in [0, 0.05) is 24.0 Å². The minimum Gasteiger partial charge on any atom is -0.478 e. The van der Waals surface area contributed by atoms with E-state index in [0.717, 1.165) is 6.08 Å². The van der Waals surface area contributed by atoms with E-state index in [-0.39, 0.29) is 6.01 Å². The summed E-state index contributed by atoms with van der Waals surface area (Å²) < 4.78 is 5.39. The van der Waals surface area contributed by atoms with E-state index in [0.29, 0.717) is 16.9 Å². The summed E-state index contributed by atoms with van der Waals surface area (Å²) in [4.78, 5) is 18.3. The Hall–Kier alpha value is -3.20. The van der Waals surface area contributed by atoms with Crippen molar-refractivity contribution in [3.63, 3.8) is 0 Å². The first-order chi connectivity index (χ1) is 9.67. The number of aromatic nitrogens is 2. The molecule has 0 aliphatic heterocycles. The molecular formula is C14H9N3O3. The fourth-order valence-corrected chi connectivity index (χ4v) is 1.37.